The topological polar surface area (TPSA) is 79.3 Å². The van der Waals surface area contributed by atoms with Crippen LogP contribution in [0.4, 0.5) is 4.39 Å². The Morgan fingerprint density at radius 2 is 1.94 bits per heavy atom. The van der Waals surface area contributed by atoms with E-state index in [0.717, 1.165) is 0 Å². The lowest BCUT2D eigenvalue weighted by atomic mass is 9.96. The molecule has 7 nitrogen and oxygen atoms in total. The normalized spacial score (nSPS) is 21.8. The Bertz CT molecular complexity index is 983. The number of hydrogen-bond donors (Lipinski definition) is 2. The lowest BCUT2D eigenvalue weighted by molar-refractivity contribution is 0.0433. The van der Waals surface area contributed by atoms with E-state index in [2.05, 4.69) is 22.7 Å². The van der Waals surface area contributed by atoms with E-state index in [9.17, 15) is 14.0 Å². The first-order valence-corrected chi connectivity index (χ1v) is 11.5. The van der Waals surface area contributed by atoms with E-state index >= 15 is 0 Å². The molecular weight excluding hydrogens is 409 g/mol. The molecule has 1 aromatic heterocycles. The van der Waals surface area contributed by atoms with Gasteiger partial charge in [-0.05, 0) is 25.8 Å². The first-order chi connectivity index (χ1) is 15.4. The smallest absolute Gasteiger partial charge is 0.272 e. The van der Waals surface area contributed by atoms with Crippen molar-refractivity contribution in [1.82, 2.24) is 25.3 Å². The zero-order valence-corrected chi connectivity index (χ0v) is 18.9. The van der Waals surface area contributed by atoms with Gasteiger partial charge in [-0.2, -0.15) is 5.10 Å². The number of fused-ring (bicyclic) bond motifs is 1. The van der Waals surface area contributed by atoms with Gasteiger partial charge in [0.2, 0.25) is 0 Å². The molecule has 4 rings (SSSR count). The summed E-state index contributed by atoms with van der Waals surface area (Å²) in [5.41, 5.74) is 0.524. The van der Waals surface area contributed by atoms with Crippen LogP contribution in [0.1, 0.15) is 72.0 Å². The third-order valence-corrected chi connectivity index (χ3v) is 6.86. The molecule has 172 valence electrons. The molecule has 0 bridgehead atoms. The number of likely N-dealkylation sites (N-methyl/N-ethyl adjacent to an activating group) is 1. The monoisotopic (exact) mass is 441 g/mol. The highest BCUT2D eigenvalue weighted by Crippen LogP contribution is 2.26. The second-order valence-corrected chi connectivity index (χ2v) is 9.28. The number of aromatic nitrogens is 2. The second-order valence-electron chi connectivity index (χ2n) is 9.28. The molecule has 2 aliphatic rings. The average molecular weight is 442 g/mol. The molecule has 1 atom stereocenters. The molecule has 1 unspecified atom stereocenters. The Hall–Kier alpha value is -2.74. The minimum Gasteiger partial charge on any atom is -0.346 e. The molecule has 1 aliphatic carbocycles. The first-order valence-electron chi connectivity index (χ1n) is 11.5. The lowest BCUT2D eigenvalue weighted by Crippen LogP contribution is -2.60. The fraction of sp³-hybridized carbons (Fsp3) is 0.542. The van der Waals surface area contributed by atoms with Crippen molar-refractivity contribution in [3.05, 3.63) is 53.1 Å². The standard InChI is InChI=1S/C24H32FN5O2/c1-24(15-27-18-10-5-3-4-6-11-18)16-30-21(23(32)29(24)2)13-20(28-30)22(31)26-14-17-9-7-8-12-19(17)25/h7-9,12-13,18,27H,3-6,10-11,14-16H2,1-2H3,(H,26,31). The Labute approximate surface area is 188 Å². The number of nitrogens with zero attached hydrogens (tertiary/aromatic N) is 3. The van der Waals surface area contributed by atoms with Crippen molar-refractivity contribution in [2.75, 3.05) is 13.6 Å². The number of benzene rings is 1. The fourth-order valence-corrected chi connectivity index (χ4v) is 4.60. The Morgan fingerprint density at radius 3 is 2.66 bits per heavy atom. The van der Waals surface area contributed by atoms with Gasteiger partial charge in [-0.25, -0.2) is 4.39 Å². The van der Waals surface area contributed by atoms with Crippen LogP contribution in [-0.2, 0) is 13.1 Å². The van der Waals surface area contributed by atoms with E-state index in [0.29, 0.717) is 30.4 Å². The van der Waals surface area contributed by atoms with Gasteiger partial charge in [0.1, 0.15) is 11.5 Å². The van der Waals surface area contributed by atoms with Crippen LogP contribution >= 0.6 is 0 Å². The molecule has 32 heavy (non-hydrogen) atoms. The highest BCUT2D eigenvalue weighted by atomic mass is 19.1. The Balaban J connectivity index is 1.43. The van der Waals surface area contributed by atoms with Gasteiger partial charge >= 0.3 is 0 Å². The van der Waals surface area contributed by atoms with Crippen LogP contribution < -0.4 is 10.6 Å². The van der Waals surface area contributed by atoms with E-state index in [4.69, 9.17) is 0 Å². The molecule has 1 aliphatic heterocycles. The minimum absolute atomic E-state index is 0.0601. The predicted octanol–water partition coefficient (Wildman–Crippen LogP) is 3.11. The van der Waals surface area contributed by atoms with Crippen molar-refractivity contribution in [1.29, 1.82) is 0 Å². The van der Waals surface area contributed by atoms with Gasteiger partial charge < -0.3 is 15.5 Å². The van der Waals surface area contributed by atoms with Crippen LogP contribution in [-0.4, -0.2) is 51.7 Å². The maximum Gasteiger partial charge on any atom is 0.272 e. The molecule has 2 amide bonds. The quantitative estimate of drug-likeness (QED) is 0.675. The molecule has 0 radical (unpaired) electrons. The van der Waals surface area contributed by atoms with E-state index in [-0.39, 0.29) is 24.0 Å². The molecule has 2 heterocycles. The number of halogens is 1. The first kappa shape index (κ1) is 22.5. The van der Waals surface area contributed by atoms with Gasteiger partial charge in [0.25, 0.3) is 11.8 Å². The van der Waals surface area contributed by atoms with Crippen molar-refractivity contribution < 1.29 is 14.0 Å². The van der Waals surface area contributed by atoms with Gasteiger partial charge in [-0.15, -0.1) is 0 Å². The third kappa shape index (κ3) is 4.70. The van der Waals surface area contributed by atoms with Gasteiger partial charge in [-0.1, -0.05) is 43.9 Å². The largest absolute Gasteiger partial charge is 0.346 e. The highest BCUT2D eigenvalue weighted by Gasteiger charge is 2.41. The summed E-state index contributed by atoms with van der Waals surface area (Å²) in [6, 6.07) is 8.31. The van der Waals surface area contributed by atoms with Gasteiger partial charge in [0, 0.05) is 37.8 Å². The number of rotatable bonds is 6. The van der Waals surface area contributed by atoms with Gasteiger partial charge in [0.05, 0.1) is 12.1 Å². The zero-order valence-electron chi connectivity index (χ0n) is 18.9. The summed E-state index contributed by atoms with van der Waals surface area (Å²) in [5, 5.41) is 10.8. The number of hydrogen-bond acceptors (Lipinski definition) is 4. The molecule has 1 fully saturated rings. The Kier molecular flexibility index (Phi) is 6.60. The summed E-state index contributed by atoms with van der Waals surface area (Å²) in [6.07, 6.45) is 7.44. The molecule has 2 aromatic rings. The fourth-order valence-electron chi connectivity index (χ4n) is 4.60. The van der Waals surface area contributed by atoms with Crippen LogP contribution in [0.25, 0.3) is 0 Å². The summed E-state index contributed by atoms with van der Waals surface area (Å²) >= 11 is 0. The summed E-state index contributed by atoms with van der Waals surface area (Å²) in [7, 11) is 1.81. The highest BCUT2D eigenvalue weighted by molar-refractivity contribution is 5.98. The minimum atomic E-state index is -0.441. The van der Waals surface area contributed by atoms with Crippen LogP contribution in [0, 0.1) is 5.82 Å². The molecule has 0 spiro atoms. The van der Waals surface area contributed by atoms with Crippen molar-refractivity contribution in [3.8, 4) is 0 Å². The summed E-state index contributed by atoms with van der Waals surface area (Å²) in [5.74, 6) is -0.948. The summed E-state index contributed by atoms with van der Waals surface area (Å²) < 4.78 is 15.4. The maximum absolute atomic E-state index is 13.8. The van der Waals surface area contributed by atoms with Gasteiger partial charge in [-0.3, -0.25) is 14.3 Å². The molecule has 0 saturated heterocycles. The maximum atomic E-state index is 13.8. The van der Waals surface area contributed by atoms with Crippen LogP contribution in [0.2, 0.25) is 0 Å². The molecule has 1 saturated carbocycles. The van der Waals surface area contributed by atoms with Crippen molar-refractivity contribution in [3.63, 3.8) is 0 Å². The van der Waals surface area contributed by atoms with E-state index in [1.165, 1.54) is 50.7 Å². The van der Waals surface area contributed by atoms with Crippen LogP contribution in [0.5, 0.6) is 0 Å². The molecule has 2 N–H and O–H groups in total. The zero-order chi connectivity index (χ0) is 22.7. The number of amides is 2. The summed E-state index contributed by atoms with van der Waals surface area (Å²) in [4.78, 5) is 27.4. The molecule has 1 aromatic carbocycles. The summed E-state index contributed by atoms with van der Waals surface area (Å²) in [6.45, 7) is 3.29. The molecular formula is C24H32FN5O2. The van der Waals surface area contributed by atoms with E-state index < -0.39 is 11.4 Å². The van der Waals surface area contributed by atoms with E-state index in [1.807, 2.05) is 7.05 Å². The second kappa shape index (κ2) is 9.40. The van der Waals surface area contributed by atoms with Crippen LogP contribution in [0.15, 0.2) is 30.3 Å². The van der Waals surface area contributed by atoms with Crippen molar-refractivity contribution in [2.45, 2.75) is 70.1 Å². The third-order valence-electron chi connectivity index (χ3n) is 6.86. The van der Waals surface area contributed by atoms with Crippen molar-refractivity contribution >= 4 is 11.8 Å². The van der Waals surface area contributed by atoms with E-state index in [1.54, 1.807) is 27.8 Å². The van der Waals surface area contributed by atoms with Crippen LogP contribution in [0.3, 0.4) is 0 Å². The average Bonchev–Trinajstić information content (AvgIpc) is 3.02. The SMILES string of the molecule is CN1C(=O)c2cc(C(=O)NCc3ccccc3F)nn2CC1(C)CNC1CCCCCC1. The molecule has 8 heteroatoms. The van der Waals surface area contributed by atoms with Crippen molar-refractivity contribution in [2.24, 2.45) is 0 Å². The number of nitrogens with one attached hydrogen (secondary N) is 2. The predicted molar refractivity (Wildman–Crippen MR) is 120 cm³/mol. The van der Waals surface area contributed by atoms with Gasteiger partial charge in [0.15, 0.2) is 5.69 Å². The number of carbonyl (C=O) groups excluding carboxylic acids is 2. The number of carbonyl (C=O) groups is 2. The Morgan fingerprint density at radius 1 is 1.22 bits per heavy atom. The lowest BCUT2D eigenvalue weighted by Gasteiger charge is -2.43.